The number of nitrogens with zero attached hydrogens (tertiary/aromatic N) is 1. The van der Waals surface area contributed by atoms with E-state index >= 15 is 0 Å². The van der Waals surface area contributed by atoms with E-state index in [2.05, 4.69) is 46.8 Å². The van der Waals surface area contributed by atoms with Gasteiger partial charge in [-0.05, 0) is 37.3 Å². The quantitative estimate of drug-likeness (QED) is 0.222. The number of benzene rings is 1. The first-order valence-electron chi connectivity index (χ1n) is 9.87. The van der Waals surface area contributed by atoms with Crippen LogP contribution in [0.5, 0.6) is 0 Å². The van der Waals surface area contributed by atoms with E-state index in [0.29, 0.717) is 13.2 Å². The number of methoxy groups -OCH3 is 1. The second-order valence-corrected chi connectivity index (χ2v) is 7.02. The van der Waals surface area contributed by atoms with Crippen molar-refractivity contribution >= 4 is 29.9 Å². The average molecular weight is 505 g/mol. The summed E-state index contributed by atoms with van der Waals surface area (Å²) in [5.74, 6) is 0.839. The molecule has 1 aliphatic heterocycles. The number of ether oxygens (including phenoxy) is 3. The van der Waals surface area contributed by atoms with Gasteiger partial charge in [0.2, 0.25) is 0 Å². The van der Waals surface area contributed by atoms with E-state index in [1.54, 1.807) is 7.11 Å². The predicted octanol–water partition coefficient (Wildman–Crippen LogP) is 2.88. The molecule has 160 valence electrons. The first-order valence-corrected chi connectivity index (χ1v) is 9.87. The van der Waals surface area contributed by atoms with Gasteiger partial charge < -0.3 is 24.8 Å². The SMILES string of the molecule is CN=C(NCCCOCCOC)NCC1(c2ccccc2C)CCOCC1.I. The third kappa shape index (κ3) is 7.85. The van der Waals surface area contributed by atoms with Crippen LogP contribution >= 0.6 is 24.0 Å². The summed E-state index contributed by atoms with van der Waals surface area (Å²) >= 11 is 0. The number of guanidine groups is 1. The Morgan fingerprint density at radius 3 is 2.57 bits per heavy atom. The Morgan fingerprint density at radius 1 is 1.14 bits per heavy atom. The van der Waals surface area contributed by atoms with E-state index in [0.717, 1.165) is 58.1 Å². The Hall–Kier alpha value is -0.900. The number of rotatable bonds is 10. The van der Waals surface area contributed by atoms with Crippen molar-refractivity contribution in [2.24, 2.45) is 4.99 Å². The van der Waals surface area contributed by atoms with Crippen molar-refractivity contribution in [2.75, 3.05) is 60.3 Å². The van der Waals surface area contributed by atoms with Crippen LogP contribution in [0.15, 0.2) is 29.3 Å². The molecule has 7 heteroatoms. The summed E-state index contributed by atoms with van der Waals surface area (Å²) in [5.41, 5.74) is 2.85. The summed E-state index contributed by atoms with van der Waals surface area (Å²) < 4.78 is 16.1. The molecule has 0 saturated carbocycles. The van der Waals surface area contributed by atoms with Crippen LogP contribution in [0, 0.1) is 6.92 Å². The van der Waals surface area contributed by atoms with E-state index in [1.165, 1.54) is 11.1 Å². The summed E-state index contributed by atoms with van der Waals surface area (Å²) in [6.07, 6.45) is 2.98. The van der Waals surface area contributed by atoms with Gasteiger partial charge in [0, 0.05) is 52.5 Å². The maximum atomic E-state index is 5.64. The minimum absolute atomic E-state index is 0. The normalized spacial score (nSPS) is 16.3. The molecule has 6 nitrogen and oxygen atoms in total. The molecule has 0 aliphatic carbocycles. The monoisotopic (exact) mass is 505 g/mol. The molecular formula is C21H36IN3O3. The lowest BCUT2D eigenvalue weighted by molar-refractivity contribution is 0.0511. The number of hydrogen-bond acceptors (Lipinski definition) is 4. The van der Waals surface area contributed by atoms with Crippen molar-refractivity contribution in [3.8, 4) is 0 Å². The summed E-state index contributed by atoms with van der Waals surface area (Å²) in [6, 6.07) is 8.70. The highest BCUT2D eigenvalue weighted by Crippen LogP contribution is 2.36. The van der Waals surface area contributed by atoms with Crippen LogP contribution in [0.25, 0.3) is 0 Å². The molecule has 1 fully saturated rings. The number of hydrogen-bond donors (Lipinski definition) is 2. The summed E-state index contributed by atoms with van der Waals surface area (Å²) in [5, 5.41) is 6.92. The molecule has 28 heavy (non-hydrogen) atoms. The Morgan fingerprint density at radius 2 is 1.89 bits per heavy atom. The largest absolute Gasteiger partial charge is 0.382 e. The van der Waals surface area contributed by atoms with Gasteiger partial charge in [-0.15, -0.1) is 24.0 Å². The molecule has 1 aliphatic rings. The number of halogens is 1. The maximum Gasteiger partial charge on any atom is 0.191 e. The molecular weight excluding hydrogens is 469 g/mol. The second kappa shape index (κ2) is 14.1. The van der Waals surface area contributed by atoms with Gasteiger partial charge in [-0.2, -0.15) is 0 Å². The standard InChI is InChI=1S/C21H35N3O3.HI/c1-18-7-4-5-8-19(18)21(9-13-27-14-10-21)17-24-20(22-2)23-11-6-12-26-16-15-25-3;/h4-5,7-8H,6,9-17H2,1-3H3,(H2,22,23,24);1H. The molecule has 1 aromatic carbocycles. The van der Waals surface area contributed by atoms with E-state index < -0.39 is 0 Å². The van der Waals surface area contributed by atoms with Gasteiger partial charge in [0.05, 0.1) is 13.2 Å². The van der Waals surface area contributed by atoms with Crippen LogP contribution in [-0.4, -0.2) is 66.2 Å². The van der Waals surface area contributed by atoms with E-state index in [4.69, 9.17) is 14.2 Å². The Labute approximate surface area is 186 Å². The predicted molar refractivity (Wildman–Crippen MR) is 125 cm³/mol. The average Bonchev–Trinajstić information content (AvgIpc) is 2.70. The van der Waals surface area contributed by atoms with Gasteiger partial charge in [0.15, 0.2) is 5.96 Å². The zero-order valence-corrected chi connectivity index (χ0v) is 19.8. The first kappa shape index (κ1) is 25.1. The van der Waals surface area contributed by atoms with Crippen LogP contribution in [0.3, 0.4) is 0 Å². The molecule has 1 saturated heterocycles. The third-order valence-corrected chi connectivity index (χ3v) is 5.17. The Bertz CT molecular complexity index is 578. The molecule has 1 aromatic rings. The summed E-state index contributed by atoms with van der Waals surface area (Å²) in [4.78, 5) is 4.37. The highest BCUT2D eigenvalue weighted by molar-refractivity contribution is 14.0. The molecule has 0 radical (unpaired) electrons. The van der Waals surface area contributed by atoms with E-state index in [1.807, 2.05) is 7.05 Å². The van der Waals surface area contributed by atoms with Gasteiger partial charge in [0.1, 0.15) is 0 Å². The minimum atomic E-state index is 0. The van der Waals surface area contributed by atoms with Crippen molar-refractivity contribution in [2.45, 2.75) is 31.6 Å². The van der Waals surface area contributed by atoms with E-state index in [9.17, 15) is 0 Å². The van der Waals surface area contributed by atoms with Crippen molar-refractivity contribution in [1.82, 2.24) is 10.6 Å². The third-order valence-electron chi connectivity index (χ3n) is 5.17. The van der Waals surface area contributed by atoms with Gasteiger partial charge in [-0.3, -0.25) is 4.99 Å². The van der Waals surface area contributed by atoms with Crippen molar-refractivity contribution in [3.05, 3.63) is 35.4 Å². The van der Waals surface area contributed by atoms with Crippen LogP contribution < -0.4 is 10.6 Å². The second-order valence-electron chi connectivity index (χ2n) is 7.02. The van der Waals surface area contributed by atoms with E-state index in [-0.39, 0.29) is 29.4 Å². The van der Waals surface area contributed by atoms with Crippen molar-refractivity contribution in [1.29, 1.82) is 0 Å². The van der Waals surface area contributed by atoms with Crippen molar-refractivity contribution in [3.63, 3.8) is 0 Å². The van der Waals surface area contributed by atoms with Gasteiger partial charge >= 0.3 is 0 Å². The summed E-state index contributed by atoms with van der Waals surface area (Å²) in [7, 11) is 3.50. The molecule has 0 aromatic heterocycles. The Balaban J connectivity index is 0.00000392. The zero-order valence-electron chi connectivity index (χ0n) is 17.5. The van der Waals surface area contributed by atoms with Crippen LogP contribution in [0.1, 0.15) is 30.4 Å². The van der Waals surface area contributed by atoms with Gasteiger partial charge in [0.25, 0.3) is 0 Å². The highest BCUT2D eigenvalue weighted by atomic mass is 127. The molecule has 0 amide bonds. The minimum Gasteiger partial charge on any atom is -0.382 e. The van der Waals surface area contributed by atoms with Crippen LogP contribution in [0.2, 0.25) is 0 Å². The maximum absolute atomic E-state index is 5.64. The first-order chi connectivity index (χ1) is 13.2. The molecule has 0 spiro atoms. The number of aliphatic imine (C=N–C) groups is 1. The molecule has 0 atom stereocenters. The zero-order chi connectivity index (χ0) is 19.4. The smallest absolute Gasteiger partial charge is 0.191 e. The lowest BCUT2D eigenvalue weighted by Gasteiger charge is -2.39. The fourth-order valence-corrected chi connectivity index (χ4v) is 3.57. The molecule has 0 bridgehead atoms. The number of nitrogens with one attached hydrogen (secondary N) is 2. The molecule has 2 rings (SSSR count). The van der Waals surface area contributed by atoms with Gasteiger partial charge in [-0.1, -0.05) is 24.3 Å². The van der Waals surface area contributed by atoms with Crippen LogP contribution in [-0.2, 0) is 19.6 Å². The van der Waals surface area contributed by atoms with Crippen molar-refractivity contribution < 1.29 is 14.2 Å². The fourth-order valence-electron chi connectivity index (χ4n) is 3.57. The lowest BCUT2D eigenvalue weighted by Crippen LogP contribution is -2.48. The molecule has 2 N–H and O–H groups in total. The molecule has 0 unspecified atom stereocenters. The fraction of sp³-hybridized carbons (Fsp3) is 0.667. The number of aryl methyl sites for hydroxylation is 1. The highest BCUT2D eigenvalue weighted by Gasteiger charge is 2.35. The topological polar surface area (TPSA) is 64.1 Å². The summed E-state index contributed by atoms with van der Waals surface area (Å²) in [6.45, 7) is 7.49. The van der Waals surface area contributed by atoms with Crippen LogP contribution in [0.4, 0.5) is 0 Å². The Kier molecular flexibility index (Phi) is 12.7. The lowest BCUT2D eigenvalue weighted by atomic mass is 9.72. The molecule has 1 heterocycles. The van der Waals surface area contributed by atoms with Gasteiger partial charge in [-0.25, -0.2) is 0 Å².